The van der Waals surface area contributed by atoms with E-state index in [1.54, 1.807) is 7.11 Å². The van der Waals surface area contributed by atoms with Gasteiger partial charge in [0.05, 0.1) is 4.99 Å². The Morgan fingerprint density at radius 1 is 1.39 bits per heavy atom. The van der Waals surface area contributed by atoms with Crippen LogP contribution in [0.15, 0.2) is 24.3 Å². The van der Waals surface area contributed by atoms with Crippen LogP contribution >= 0.6 is 12.2 Å². The minimum Gasteiger partial charge on any atom is -0.393 e. The molecule has 4 nitrogen and oxygen atoms in total. The van der Waals surface area contributed by atoms with E-state index >= 15 is 0 Å². The van der Waals surface area contributed by atoms with Crippen molar-refractivity contribution < 1.29 is 9.53 Å². The Kier molecular flexibility index (Phi) is 6.32. The lowest BCUT2D eigenvalue weighted by atomic mass is 10.1. The van der Waals surface area contributed by atoms with Crippen LogP contribution in [0.5, 0.6) is 0 Å². The summed E-state index contributed by atoms with van der Waals surface area (Å²) in [4.78, 5) is 12.0. The van der Waals surface area contributed by atoms with Crippen LogP contribution in [0.2, 0.25) is 0 Å². The minimum atomic E-state index is -0.00542. The van der Waals surface area contributed by atoms with Gasteiger partial charge in [0.15, 0.2) is 0 Å². The summed E-state index contributed by atoms with van der Waals surface area (Å²) >= 11 is 4.84. The van der Waals surface area contributed by atoms with E-state index < -0.39 is 0 Å². The highest BCUT2D eigenvalue weighted by Gasteiger charge is 2.02. The molecule has 3 N–H and O–H groups in total. The van der Waals surface area contributed by atoms with E-state index in [9.17, 15) is 4.79 Å². The molecule has 0 atom stereocenters. The molecule has 5 heteroatoms. The smallest absolute Gasteiger partial charge is 0.224 e. The summed E-state index contributed by atoms with van der Waals surface area (Å²) in [6.07, 6.45) is 1.77. The number of hydrogen-bond acceptors (Lipinski definition) is 3. The fourth-order valence-electron chi connectivity index (χ4n) is 1.51. The molecule has 0 aliphatic rings. The van der Waals surface area contributed by atoms with Gasteiger partial charge in [0, 0.05) is 32.2 Å². The van der Waals surface area contributed by atoms with Gasteiger partial charge in [0.2, 0.25) is 5.91 Å². The van der Waals surface area contributed by atoms with Crippen molar-refractivity contribution in [2.75, 3.05) is 19.0 Å². The van der Waals surface area contributed by atoms with E-state index in [1.807, 2.05) is 24.3 Å². The molecule has 98 valence electrons. The molecule has 0 aliphatic carbocycles. The molecule has 0 spiro atoms. The number of amides is 1. The maximum Gasteiger partial charge on any atom is 0.224 e. The molecule has 0 radical (unpaired) electrons. The number of hydrogen-bond donors (Lipinski definition) is 2. The second-order valence-electron chi connectivity index (χ2n) is 3.98. The van der Waals surface area contributed by atoms with Crippen molar-refractivity contribution in [3.05, 3.63) is 29.8 Å². The number of thiocarbonyl (C=S) groups is 1. The van der Waals surface area contributed by atoms with Gasteiger partial charge < -0.3 is 15.8 Å². The molecule has 0 aliphatic heterocycles. The van der Waals surface area contributed by atoms with E-state index in [4.69, 9.17) is 22.7 Å². The third-order valence-corrected chi connectivity index (χ3v) is 2.51. The maximum absolute atomic E-state index is 11.5. The molecule has 1 amide bonds. The second kappa shape index (κ2) is 7.79. The SMILES string of the molecule is COCCCC(=O)Nc1ccc(CC(N)=S)cc1. The van der Waals surface area contributed by atoms with Crippen LogP contribution in [0.3, 0.4) is 0 Å². The number of ether oxygens (including phenoxy) is 1. The fourth-order valence-corrected chi connectivity index (χ4v) is 1.67. The Bertz CT molecular complexity index is 404. The normalized spacial score (nSPS) is 10.1. The highest BCUT2D eigenvalue weighted by molar-refractivity contribution is 7.80. The van der Waals surface area contributed by atoms with Gasteiger partial charge in [-0.25, -0.2) is 0 Å². The number of anilines is 1. The van der Waals surface area contributed by atoms with Crippen LogP contribution in [0.4, 0.5) is 5.69 Å². The Balaban J connectivity index is 2.43. The third kappa shape index (κ3) is 5.75. The molecule has 0 saturated heterocycles. The highest BCUT2D eigenvalue weighted by atomic mass is 32.1. The standard InChI is InChI=1S/C13H18N2O2S/c1-17-8-2-3-13(16)15-11-6-4-10(5-7-11)9-12(14)18/h4-7H,2-3,8-9H2,1H3,(H2,14,18)(H,15,16). The lowest BCUT2D eigenvalue weighted by Crippen LogP contribution is -2.13. The van der Waals surface area contributed by atoms with Gasteiger partial charge in [-0.05, 0) is 24.1 Å². The number of methoxy groups -OCH3 is 1. The van der Waals surface area contributed by atoms with Crippen LogP contribution in [0, 0.1) is 0 Å². The minimum absolute atomic E-state index is 0.00542. The number of benzene rings is 1. The van der Waals surface area contributed by atoms with Crippen molar-refractivity contribution in [3.63, 3.8) is 0 Å². The molecular formula is C13H18N2O2S. The van der Waals surface area contributed by atoms with E-state index in [1.165, 1.54) is 0 Å². The maximum atomic E-state index is 11.5. The van der Waals surface area contributed by atoms with Crippen molar-refractivity contribution in [3.8, 4) is 0 Å². The third-order valence-electron chi connectivity index (χ3n) is 2.37. The lowest BCUT2D eigenvalue weighted by molar-refractivity contribution is -0.116. The molecule has 1 aromatic rings. The van der Waals surface area contributed by atoms with E-state index in [0.717, 1.165) is 17.7 Å². The molecule has 0 unspecified atom stereocenters. The first-order chi connectivity index (χ1) is 8.61. The average molecular weight is 266 g/mol. The average Bonchev–Trinajstić information content (AvgIpc) is 2.31. The molecule has 1 aromatic carbocycles. The van der Waals surface area contributed by atoms with E-state index in [2.05, 4.69) is 5.32 Å². The molecular weight excluding hydrogens is 248 g/mol. The number of nitrogens with two attached hydrogens (primary N) is 1. The zero-order valence-corrected chi connectivity index (χ0v) is 11.3. The molecule has 0 saturated carbocycles. The molecule has 18 heavy (non-hydrogen) atoms. The van der Waals surface area contributed by atoms with Crippen molar-refractivity contribution in [1.82, 2.24) is 0 Å². The van der Waals surface area contributed by atoms with E-state index in [-0.39, 0.29) is 5.91 Å². The Morgan fingerprint density at radius 3 is 2.61 bits per heavy atom. The summed E-state index contributed by atoms with van der Waals surface area (Å²) < 4.78 is 4.89. The first-order valence-electron chi connectivity index (χ1n) is 5.78. The van der Waals surface area contributed by atoms with Crippen LogP contribution in [0.25, 0.3) is 0 Å². The topological polar surface area (TPSA) is 64.3 Å². The zero-order chi connectivity index (χ0) is 13.4. The van der Waals surface area contributed by atoms with E-state index in [0.29, 0.717) is 24.4 Å². The number of rotatable bonds is 7. The molecule has 0 bridgehead atoms. The summed E-state index contributed by atoms with van der Waals surface area (Å²) in [6.45, 7) is 0.598. The molecule has 0 fully saturated rings. The predicted octanol–water partition coefficient (Wildman–Crippen LogP) is 1.88. The molecule has 1 rings (SSSR count). The number of carbonyl (C=O) groups excluding carboxylic acids is 1. The number of nitrogens with one attached hydrogen (secondary N) is 1. The summed E-state index contributed by atoms with van der Waals surface area (Å²) in [6, 6.07) is 7.51. The van der Waals surface area contributed by atoms with Crippen LogP contribution in [-0.2, 0) is 16.0 Å². The van der Waals surface area contributed by atoms with Crippen LogP contribution < -0.4 is 11.1 Å². The second-order valence-corrected chi connectivity index (χ2v) is 4.51. The largest absolute Gasteiger partial charge is 0.393 e. The quantitative estimate of drug-likeness (QED) is 0.584. The summed E-state index contributed by atoms with van der Waals surface area (Å²) in [5.74, 6) is -0.00542. The predicted molar refractivity (Wildman–Crippen MR) is 76.7 cm³/mol. The number of carbonyl (C=O) groups is 1. The van der Waals surface area contributed by atoms with Crippen molar-refractivity contribution in [2.45, 2.75) is 19.3 Å². The van der Waals surface area contributed by atoms with Gasteiger partial charge >= 0.3 is 0 Å². The Labute approximate surface area is 113 Å². The summed E-state index contributed by atoms with van der Waals surface area (Å²) in [5.41, 5.74) is 7.28. The van der Waals surface area contributed by atoms with Crippen molar-refractivity contribution >= 4 is 28.8 Å². The fraction of sp³-hybridized carbons (Fsp3) is 0.385. The highest BCUT2D eigenvalue weighted by Crippen LogP contribution is 2.10. The van der Waals surface area contributed by atoms with Gasteiger partial charge in [-0.15, -0.1) is 0 Å². The molecule has 0 aromatic heterocycles. The lowest BCUT2D eigenvalue weighted by Gasteiger charge is -2.06. The Morgan fingerprint density at radius 2 is 2.06 bits per heavy atom. The van der Waals surface area contributed by atoms with Crippen LogP contribution in [0.1, 0.15) is 18.4 Å². The molecule has 0 heterocycles. The van der Waals surface area contributed by atoms with Gasteiger partial charge in [0.25, 0.3) is 0 Å². The first kappa shape index (κ1) is 14.6. The van der Waals surface area contributed by atoms with Crippen LogP contribution in [-0.4, -0.2) is 24.6 Å². The monoisotopic (exact) mass is 266 g/mol. The van der Waals surface area contributed by atoms with Gasteiger partial charge in [0.1, 0.15) is 0 Å². The summed E-state index contributed by atoms with van der Waals surface area (Å²) in [5, 5.41) is 2.82. The first-order valence-corrected chi connectivity index (χ1v) is 6.18. The van der Waals surface area contributed by atoms with Crippen molar-refractivity contribution in [1.29, 1.82) is 0 Å². The zero-order valence-electron chi connectivity index (χ0n) is 10.4. The van der Waals surface area contributed by atoms with Crippen molar-refractivity contribution in [2.24, 2.45) is 5.73 Å². The van der Waals surface area contributed by atoms with Gasteiger partial charge in [-0.2, -0.15) is 0 Å². The van der Waals surface area contributed by atoms with Gasteiger partial charge in [-0.1, -0.05) is 24.4 Å². The van der Waals surface area contributed by atoms with Gasteiger partial charge in [-0.3, -0.25) is 4.79 Å². The Hall–Kier alpha value is -1.46. The summed E-state index contributed by atoms with van der Waals surface area (Å²) in [7, 11) is 1.62.